The summed E-state index contributed by atoms with van der Waals surface area (Å²) < 4.78 is 35.5. The molecule has 0 unspecified atom stereocenters. The minimum absolute atomic E-state index is 0.225. The summed E-state index contributed by atoms with van der Waals surface area (Å²) in [5.41, 5.74) is 3.66. The van der Waals surface area contributed by atoms with Gasteiger partial charge >= 0.3 is 5.97 Å². The standard InChI is InChI=1S/C23H20FNO5/c1-14-16(13-30-17-11-19(24)22(25-12-17)23(26)27-2)4-3-5-18(14)15-6-7-20-21(10-15)29-9-8-28-20/h3-7,10-12H,8-9,13H2,1-2H3. The van der Waals surface area contributed by atoms with Crippen LogP contribution in [0.15, 0.2) is 48.7 Å². The molecule has 30 heavy (non-hydrogen) atoms. The summed E-state index contributed by atoms with van der Waals surface area (Å²) in [5, 5.41) is 0. The summed E-state index contributed by atoms with van der Waals surface area (Å²) >= 11 is 0. The van der Waals surface area contributed by atoms with Crippen LogP contribution >= 0.6 is 0 Å². The van der Waals surface area contributed by atoms with Crippen molar-refractivity contribution in [2.45, 2.75) is 13.5 Å². The van der Waals surface area contributed by atoms with E-state index in [0.717, 1.165) is 39.8 Å². The van der Waals surface area contributed by atoms with Crippen LogP contribution in [0.1, 0.15) is 21.6 Å². The lowest BCUT2D eigenvalue weighted by atomic mass is 9.96. The minimum Gasteiger partial charge on any atom is -0.487 e. The fourth-order valence-electron chi connectivity index (χ4n) is 3.27. The summed E-state index contributed by atoms with van der Waals surface area (Å²) in [6.45, 7) is 3.31. The zero-order valence-corrected chi connectivity index (χ0v) is 16.6. The first-order chi connectivity index (χ1) is 14.6. The quantitative estimate of drug-likeness (QED) is 0.585. The number of nitrogens with zero attached hydrogens (tertiary/aromatic N) is 1. The van der Waals surface area contributed by atoms with E-state index in [1.54, 1.807) is 0 Å². The summed E-state index contributed by atoms with van der Waals surface area (Å²) in [7, 11) is 1.17. The molecule has 2 aromatic carbocycles. The molecule has 0 N–H and O–H groups in total. The molecule has 0 amide bonds. The molecule has 0 bridgehead atoms. The van der Waals surface area contributed by atoms with Crippen molar-refractivity contribution in [3.63, 3.8) is 0 Å². The first kappa shape index (κ1) is 19.7. The van der Waals surface area contributed by atoms with Crippen LogP contribution in [0.3, 0.4) is 0 Å². The monoisotopic (exact) mass is 409 g/mol. The van der Waals surface area contributed by atoms with E-state index < -0.39 is 11.8 Å². The third kappa shape index (κ3) is 3.91. The number of carbonyl (C=O) groups excluding carboxylic acids is 1. The van der Waals surface area contributed by atoms with Gasteiger partial charge in [-0.2, -0.15) is 0 Å². The van der Waals surface area contributed by atoms with Gasteiger partial charge < -0.3 is 18.9 Å². The Kier molecular flexibility index (Phi) is 5.52. The Morgan fingerprint density at radius 2 is 1.93 bits per heavy atom. The largest absolute Gasteiger partial charge is 0.487 e. The van der Waals surface area contributed by atoms with Gasteiger partial charge in [0.15, 0.2) is 23.0 Å². The molecule has 4 rings (SSSR count). The molecule has 0 aliphatic carbocycles. The second kappa shape index (κ2) is 8.41. The lowest BCUT2D eigenvalue weighted by Crippen LogP contribution is -2.15. The molecule has 7 heteroatoms. The van der Waals surface area contributed by atoms with Crippen molar-refractivity contribution >= 4 is 5.97 Å². The number of aromatic nitrogens is 1. The third-order valence-electron chi connectivity index (χ3n) is 4.89. The van der Waals surface area contributed by atoms with Crippen molar-refractivity contribution in [3.05, 3.63) is 71.3 Å². The number of halogens is 1. The van der Waals surface area contributed by atoms with Gasteiger partial charge in [-0.1, -0.05) is 24.3 Å². The minimum atomic E-state index is -0.831. The Bertz CT molecular complexity index is 1100. The Labute approximate surface area is 173 Å². The van der Waals surface area contributed by atoms with Gasteiger partial charge in [0.05, 0.1) is 13.3 Å². The number of fused-ring (bicyclic) bond motifs is 1. The molecule has 1 aliphatic heterocycles. The van der Waals surface area contributed by atoms with Gasteiger partial charge in [0.25, 0.3) is 0 Å². The third-order valence-corrected chi connectivity index (χ3v) is 4.89. The Morgan fingerprint density at radius 1 is 1.13 bits per heavy atom. The zero-order chi connectivity index (χ0) is 21.1. The molecule has 0 radical (unpaired) electrons. The molecule has 0 fully saturated rings. The molecular weight excluding hydrogens is 389 g/mol. The van der Waals surface area contributed by atoms with Crippen LogP contribution in [-0.2, 0) is 11.3 Å². The van der Waals surface area contributed by atoms with Crippen LogP contribution in [0.4, 0.5) is 4.39 Å². The molecule has 0 saturated carbocycles. The maximum absolute atomic E-state index is 14.1. The number of methoxy groups -OCH3 is 1. The number of hydrogen-bond acceptors (Lipinski definition) is 6. The van der Waals surface area contributed by atoms with Gasteiger partial charge in [0.2, 0.25) is 0 Å². The lowest BCUT2D eigenvalue weighted by molar-refractivity contribution is 0.0588. The summed E-state index contributed by atoms with van der Waals surface area (Å²) in [5.74, 6) is 0.0755. The number of ether oxygens (including phenoxy) is 4. The molecule has 3 aromatic rings. The molecule has 0 atom stereocenters. The van der Waals surface area contributed by atoms with Crippen LogP contribution in [0.2, 0.25) is 0 Å². The van der Waals surface area contributed by atoms with Crippen LogP contribution in [0.25, 0.3) is 11.1 Å². The second-order valence-electron chi connectivity index (χ2n) is 6.73. The van der Waals surface area contributed by atoms with E-state index in [9.17, 15) is 9.18 Å². The van der Waals surface area contributed by atoms with Gasteiger partial charge in [0.1, 0.15) is 25.6 Å². The van der Waals surface area contributed by atoms with Crippen molar-refractivity contribution in [2.24, 2.45) is 0 Å². The first-order valence-electron chi connectivity index (χ1n) is 9.42. The molecule has 0 saturated heterocycles. The summed E-state index contributed by atoms with van der Waals surface area (Å²) in [6, 6.07) is 12.9. The van der Waals surface area contributed by atoms with E-state index in [-0.39, 0.29) is 18.1 Å². The van der Waals surface area contributed by atoms with Crippen molar-refractivity contribution in [2.75, 3.05) is 20.3 Å². The highest BCUT2D eigenvalue weighted by atomic mass is 19.1. The predicted octanol–water partition coefficient (Wildman–Crippen LogP) is 4.33. The van der Waals surface area contributed by atoms with E-state index in [2.05, 4.69) is 9.72 Å². The van der Waals surface area contributed by atoms with Crippen molar-refractivity contribution in [3.8, 4) is 28.4 Å². The van der Waals surface area contributed by atoms with Gasteiger partial charge in [-0.15, -0.1) is 0 Å². The highest BCUT2D eigenvalue weighted by Crippen LogP contribution is 2.36. The topological polar surface area (TPSA) is 66.9 Å². The number of hydrogen-bond donors (Lipinski definition) is 0. The molecule has 2 heterocycles. The van der Waals surface area contributed by atoms with Gasteiger partial charge in [-0.3, -0.25) is 0 Å². The Hall–Kier alpha value is -3.61. The molecule has 1 aliphatic rings. The van der Waals surface area contributed by atoms with Gasteiger partial charge in [-0.25, -0.2) is 14.2 Å². The Balaban J connectivity index is 1.54. The highest BCUT2D eigenvalue weighted by Gasteiger charge is 2.16. The van der Waals surface area contributed by atoms with Crippen LogP contribution in [0.5, 0.6) is 17.2 Å². The van der Waals surface area contributed by atoms with Gasteiger partial charge in [0, 0.05) is 6.07 Å². The second-order valence-corrected chi connectivity index (χ2v) is 6.73. The average Bonchev–Trinajstić information content (AvgIpc) is 2.77. The van der Waals surface area contributed by atoms with Crippen molar-refractivity contribution in [1.82, 2.24) is 4.98 Å². The molecular formula is C23H20FNO5. The molecule has 1 aromatic heterocycles. The van der Waals surface area contributed by atoms with Gasteiger partial charge in [-0.05, 0) is 41.3 Å². The molecule has 154 valence electrons. The maximum Gasteiger partial charge on any atom is 0.359 e. The molecule has 0 spiro atoms. The normalized spacial score (nSPS) is 12.4. The van der Waals surface area contributed by atoms with E-state index >= 15 is 0 Å². The Morgan fingerprint density at radius 3 is 2.70 bits per heavy atom. The maximum atomic E-state index is 14.1. The highest BCUT2D eigenvalue weighted by molar-refractivity contribution is 5.87. The number of benzene rings is 2. The number of pyridine rings is 1. The fourth-order valence-corrected chi connectivity index (χ4v) is 3.27. The van der Waals surface area contributed by atoms with Crippen LogP contribution < -0.4 is 14.2 Å². The van der Waals surface area contributed by atoms with E-state index in [0.29, 0.717) is 13.2 Å². The average molecular weight is 409 g/mol. The van der Waals surface area contributed by atoms with Crippen molar-refractivity contribution in [1.29, 1.82) is 0 Å². The SMILES string of the molecule is COC(=O)c1ncc(OCc2cccc(-c3ccc4c(c3)OCCO4)c2C)cc1F. The zero-order valence-electron chi connectivity index (χ0n) is 16.6. The predicted molar refractivity (Wildman–Crippen MR) is 107 cm³/mol. The van der Waals surface area contributed by atoms with E-state index in [1.807, 2.05) is 43.3 Å². The smallest absolute Gasteiger partial charge is 0.359 e. The number of carbonyl (C=O) groups is 1. The van der Waals surface area contributed by atoms with Crippen molar-refractivity contribution < 1.29 is 28.1 Å². The first-order valence-corrected chi connectivity index (χ1v) is 9.42. The number of rotatable bonds is 5. The summed E-state index contributed by atoms with van der Waals surface area (Å²) in [6.07, 6.45) is 1.30. The summed E-state index contributed by atoms with van der Waals surface area (Å²) in [4.78, 5) is 15.2. The molecule has 6 nitrogen and oxygen atoms in total. The van der Waals surface area contributed by atoms with E-state index in [1.165, 1.54) is 13.3 Å². The van der Waals surface area contributed by atoms with E-state index in [4.69, 9.17) is 14.2 Å². The van der Waals surface area contributed by atoms with Crippen LogP contribution in [0, 0.1) is 12.7 Å². The van der Waals surface area contributed by atoms with Crippen LogP contribution in [-0.4, -0.2) is 31.3 Å². The number of esters is 1. The lowest BCUT2D eigenvalue weighted by Gasteiger charge is -2.19. The fraction of sp³-hybridized carbons (Fsp3) is 0.217.